The third kappa shape index (κ3) is 3.05. The van der Waals surface area contributed by atoms with Crippen LogP contribution in [-0.2, 0) is 14.8 Å². The number of rotatable bonds is 4. The lowest BCUT2D eigenvalue weighted by Gasteiger charge is -2.40. The summed E-state index contributed by atoms with van der Waals surface area (Å²) < 4.78 is 32.4. The molecule has 0 aromatic carbocycles. The highest BCUT2D eigenvalue weighted by Gasteiger charge is 2.61. The Morgan fingerprint density at radius 2 is 1.83 bits per heavy atom. The van der Waals surface area contributed by atoms with Crippen molar-refractivity contribution in [3.05, 3.63) is 11.5 Å². The monoisotopic (exact) mass is 423 g/mol. The average Bonchev–Trinajstić information content (AvgIpc) is 3.18. The van der Waals surface area contributed by atoms with E-state index >= 15 is 0 Å². The molecule has 1 N–H and O–H groups in total. The largest absolute Gasteiger partial charge is 0.360 e. The number of sulfonamides is 1. The Bertz CT molecular complexity index is 895. The summed E-state index contributed by atoms with van der Waals surface area (Å²) in [5, 5.41) is 7.11. The maximum absolute atomic E-state index is 13.0. The molecule has 0 radical (unpaired) electrons. The van der Waals surface area contributed by atoms with Crippen molar-refractivity contribution in [1.82, 2.24) is 14.8 Å². The SMILES string of the molecule is Cc1noc(C)c1S(=O)(=O)N1CCC(C(=O)NC2CC3CCC2(C)C3(C)C)CC1. The molecule has 4 rings (SSSR count). The van der Waals surface area contributed by atoms with Crippen LogP contribution in [0.5, 0.6) is 0 Å². The van der Waals surface area contributed by atoms with Gasteiger partial charge in [-0.15, -0.1) is 0 Å². The van der Waals surface area contributed by atoms with Gasteiger partial charge in [0, 0.05) is 25.0 Å². The van der Waals surface area contributed by atoms with Gasteiger partial charge in [-0.05, 0) is 62.7 Å². The van der Waals surface area contributed by atoms with E-state index in [0.717, 1.165) is 6.42 Å². The molecule has 2 aliphatic carbocycles. The number of fused-ring (bicyclic) bond motifs is 2. The molecule has 162 valence electrons. The molecule has 0 spiro atoms. The average molecular weight is 424 g/mol. The molecule has 1 amide bonds. The van der Waals surface area contributed by atoms with E-state index in [1.54, 1.807) is 13.8 Å². The zero-order valence-electron chi connectivity index (χ0n) is 18.1. The third-order valence-corrected chi connectivity index (χ3v) is 10.6. The van der Waals surface area contributed by atoms with Gasteiger partial charge < -0.3 is 9.84 Å². The van der Waals surface area contributed by atoms with E-state index in [9.17, 15) is 13.2 Å². The zero-order chi connectivity index (χ0) is 21.2. The number of piperidine rings is 1. The molecular formula is C21H33N3O4S. The molecular weight excluding hydrogens is 390 g/mol. The van der Waals surface area contributed by atoms with Crippen LogP contribution in [-0.4, -0.2) is 42.9 Å². The topological polar surface area (TPSA) is 92.5 Å². The summed E-state index contributed by atoms with van der Waals surface area (Å²) >= 11 is 0. The molecule has 1 aromatic rings. The van der Waals surface area contributed by atoms with Gasteiger partial charge in [0.2, 0.25) is 15.9 Å². The summed E-state index contributed by atoms with van der Waals surface area (Å²) in [4.78, 5) is 13.1. The van der Waals surface area contributed by atoms with Gasteiger partial charge in [-0.3, -0.25) is 4.79 Å². The summed E-state index contributed by atoms with van der Waals surface area (Å²) in [6.07, 6.45) is 4.58. The van der Waals surface area contributed by atoms with Gasteiger partial charge in [-0.25, -0.2) is 8.42 Å². The van der Waals surface area contributed by atoms with Gasteiger partial charge in [0.25, 0.3) is 0 Å². The second kappa shape index (κ2) is 6.80. The fourth-order valence-electron chi connectivity index (χ4n) is 6.04. The normalized spacial score (nSPS) is 32.6. The summed E-state index contributed by atoms with van der Waals surface area (Å²) in [6.45, 7) is 11.0. The maximum atomic E-state index is 13.0. The Labute approximate surface area is 173 Å². The molecule has 3 unspecified atom stereocenters. The molecule has 2 bridgehead atoms. The van der Waals surface area contributed by atoms with Crippen LogP contribution in [0.3, 0.4) is 0 Å². The molecule has 2 saturated carbocycles. The third-order valence-electron chi connectivity index (χ3n) is 8.50. The van der Waals surface area contributed by atoms with E-state index in [0.29, 0.717) is 43.3 Å². The van der Waals surface area contributed by atoms with Crippen LogP contribution >= 0.6 is 0 Å². The summed E-state index contributed by atoms with van der Waals surface area (Å²) in [6, 6.07) is 0.229. The van der Waals surface area contributed by atoms with Gasteiger partial charge >= 0.3 is 0 Å². The number of amides is 1. The highest BCUT2D eigenvalue weighted by atomic mass is 32.2. The van der Waals surface area contributed by atoms with Gasteiger partial charge in [-0.2, -0.15) is 4.31 Å². The van der Waals surface area contributed by atoms with Crippen LogP contribution in [0.1, 0.15) is 64.3 Å². The first-order valence-corrected chi connectivity index (χ1v) is 12.2. The van der Waals surface area contributed by atoms with E-state index in [1.165, 1.54) is 17.1 Å². The van der Waals surface area contributed by atoms with Gasteiger partial charge in [0.15, 0.2) is 5.76 Å². The van der Waals surface area contributed by atoms with Crippen LogP contribution in [0.15, 0.2) is 9.42 Å². The Morgan fingerprint density at radius 1 is 1.17 bits per heavy atom. The van der Waals surface area contributed by atoms with Crippen molar-refractivity contribution in [2.45, 2.75) is 77.7 Å². The molecule has 3 atom stereocenters. The number of carbonyl (C=O) groups excluding carboxylic acids is 1. The lowest BCUT2D eigenvalue weighted by Crippen LogP contribution is -2.50. The number of hydrogen-bond donors (Lipinski definition) is 1. The minimum absolute atomic E-state index is 0.0916. The fourth-order valence-corrected chi connectivity index (χ4v) is 7.80. The molecule has 1 aromatic heterocycles. The molecule has 8 heteroatoms. The van der Waals surface area contributed by atoms with Crippen molar-refractivity contribution in [3.63, 3.8) is 0 Å². The number of aryl methyl sites for hydroxylation is 2. The first-order chi connectivity index (χ1) is 13.5. The Morgan fingerprint density at radius 3 is 2.31 bits per heavy atom. The zero-order valence-corrected chi connectivity index (χ0v) is 18.9. The minimum atomic E-state index is -3.64. The molecule has 3 fully saturated rings. The van der Waals surface area contributed by atoms with Crippen LogP contribution < -0.4 is 5.32 Å². The molecule has 1 aliphatic heterocycles. The molecule has 2 heterocycles. The second-order valence-electron chi connectivity index (χ2n) is 10.0. The fraction of sp³-hybridized carbons (Fsp3) is 0.810. The number of aromatic nitrogens is 1. The number of nitrogens with one attached hydrogen (secondary N) is 1. The standard InChI is InChI=1S/C21H33N3O4S/c1-13-18(14(2)28-23-13)29(26,27)24-10-7-15(8-11-24)19(25)22-17-12-16-6-9-21(17,5)20(16,3)4/h15-17H,6-12H2,1-5H3,(H,22,25). The summed E-state index contributed by atoms with van der Waals surface area (Å²) in [7, 11) is -3.64. The lowest BCUT2D eigenvalue weighted by molar-refractivity contribution is -0.127. The van der Waals surface area contributed by atoms with Gasteiger partial charge in [0.1, 0.15) is 10.6 Å². The van der Waals surface area contributed by atoms with E-state index in [2.05, 4.69) is 31.2 Å². The van der Waals surface area contributed by atoms with E-state index in [4.69, 9.17) is 4.52 Å². The Kier molecular flexibility index (Phi) is 4.89. The van der Waals surface area contributed by atoms with Crippen molar-refractivity contribution >= 4 is 15.9 Å². The van der Waals surface area contributed by atoms with Crippen molar-refractivity contribution in [3.8, 4) is 0 Å². The highest BCUT2D eigenvalue weighted by Crippen LogP contribution is 2.65. The van der Waals surface area contributed by atoms with Crippen LogP contribution in [0.4, 0.5) is 0 Å². The Hall–Kier alpha value is -1.41. The first kappa shape index (κ1) is 20.8. The van der Waals surface area contributed by atoms with Crippen molar-refractivity contribution in [2.75, 3.05) is 13.1 Å². The number of carbonyl (C=O) groups is 1. The van der Waals surface area contributed by atoms with Crippen molar-refractivity contribution < 1.29 is 17.7 Å². The summed E-state index contributed by atoms with van der Waals surface area (Å²) in [5.41, 5.74) is 0.798. The van der Waals surface area contributed by atoms with Crippen molar-refractivity contribution in [1.29, 1.82) is 0 Å². The first-order valence-electron chi connectivity index (χ1n) is 10.7. The van der Waals surface area contributed by atoms with Crippen molar-refractivity contribution in [2.24, 2.45) is 22.7 Å². The predicted octanol–water partition coefficient (Wildman–Crippen LogP) is 3.02. The molecule has 29 heavy (non-hydrogen) atoms. The molecule has 3 aliphatic rings. The van der Waals surface area contributed by atoms with E-state index in [-0.39, 0.29) is 33.6 Å². The van der Waals surface area contributed by atoms with E-state index in [1.807, 2.05) is 0 Å². The quantitative estimate of drug-likeness (QED) is 0.804. The smallest absolute Gasteiger partial charge is 0.248 e. The second-order valence-corrected chi connectivity index (χ2v) is 11.9. The molecule has 7 nitrogen and oxygen atoms in total. The maximum Gasteiger partial charge on any atom is 0.248 e. The summed E-state index contributed by atoms with van der Waals surface area (Å²) in [5.74, 6) is 0.959. The van der Waals surface area contributed by atoms with Gasteiger partial charge in [0.05, 0.1) is 0 Å². The Balaban J connectivity index is 1.39. The highest BCUT2D eigenvalue weighted by molar-refractivity contribution is 7.89. The lowest BCUT2D eigenvalue weighted by atomic mass is 9.69. The number of nitrogens with zero attached hydrogens (tertiary/aromatic N) is 2. The number of hydrogen-bond acceptors (Lipinski definition) is 5. The van der Waals surface area contributed by atoms with Crippen LogP contribution in [0.2, 0.25) is 0 Å². The molecule has 1 saturated heterocycles. The van der Waals surface area contributed by atoms with Crippen LogP contribution in [0.25, 0.3) is 0 Å². The van der Waals surface area contributed by atoms with E-state index < -0.39 is 10.0 Å². The predicted molar refractivity (Wildman–Crippen MR) is 109 cm³/mol. The van der Waals surface area contributed by atoms with Gasteiger partial charge in [-0.1, -0.05) is 25.9 Å². The van der Waals surface area contributed by atoms with Crippen LogP contribution in [0, 0.1) is 36.5 Å². The minimum Gasteiger partial charge on any atom is -0.360 e.